The fourth-order valence-electron chi connectivity index (χ4n) is 4.21. The van der Waals surface area contributed by atoms with Gasteiger partial charge in [0.1, 0.15) is 6.61 Å². The van der Waals surface area contributed by atoms with Crippen molar-refractivity contribution in [2.24, 2.45) is 5.92 Å². The first kappa shape index (κ1) is 21.8. The Morgan fingerprint density at radius 2 is 1.97 bits per heavy atom. The number of aromatic nitrogens is 1. The molecule has 2 amide bonds. The molecule has 1 aliphatic heterocycles. The third-order valence-electron chi connectivity index (χ3n) is 5.90. The molecule has 0 aromatic carbocycles. The van der Waals surface area contributed by atoms with Gasteiger partial charge in [0, 0.05) is 52.1 Å². The van der Waals surface area contributed by atoms with Crippen LogP contribution in [0.4, 0.5) is 4.79 Å². The van der Waals surface area contributed by atoms with Crippen molar-refractivity contribution < 1.29 is 14.3 Å². The van der Waals surface area contributed by atoms with Crippen LogP contribution >= 0.6 is 0 Å². The standard InChI is InChI=1S/C22H36N4O3/c1-28-14-15-29-21-9-8-20(16-23-21)17-24-22(27)26-11-5-10-25(12-13-26)18-19-6-3-2-4-7-19/h8-9,16,19H,2-7,10-15,17-18H2,1H3,(H,24,27). The summed E-state index contributed by atoms with van der Waals surface area (Å²) in [5, 5.41) is 3.03. The molecule has 2 fully saturated rings. The lowest BCUT2D eigenvalue weighted by Gasteiger charge is -2.28. The van der Waals surface area contributed by atoms with Crippen LogP contribution < -0.4 is 10.1 Å². The highest BCUT2D eigenvalue weighted by Crippen LogP contribution is 2.24. The van der Waals surface area contributed by atoms with Gasteiger partial charge >= 0.3 is 6.03 Å². The zero-order chi connectivity index (χ0) is 20.3. The summed E-state index contributed by atoms with van der Waals surface area (Å²) in [6.45, 7) is 6.43. The molecule has 1 saturated carbocycles. The number of ether oxygens (including phenoxy) is 2. The van der Waals surface area contributed by atoms with Crippen molar-refractivity contribution in [1.82, 2.24) is 20.1 Å². The minimum Gasteiger partial charge on any atom is -0.475 e. The van der Waals surface area contributed by atoms with Crippen LogP contribution in [-0.2, 0) is 11.3 Å². The van der Waals surface area contributed by atoms with Crippen molar-refractivity contribution in [2.75, 3.05) is 53.0 Å². The van der Waals surface area contributed by atoms with Crippen molar-refractivity contribution in [3.05, 3.63) is 23.9 Å². The number of methoxy groups -OCH3 is 1. The molecule has 7 nitrogen and oxygen atoms in total. The topological polar surface area (TPSA) is 66.9 Å². The van der Waals surface area contributed by atoms with E-state index in [1.54, 1.807) is 13.3 Å². The number of carbonyl (C=O) groups is 1. The first-order chi connectivity index (χ1) is 14.2. The van der Waals surface area contributed by atoms with Crippen LogP contribution in [0.15, 0.2) is 18.3 Å². The maximum atomic E-state index is 12.6. The number of nitrogens with one attached hydrogen (secondary N) is 1. The number of pyridine rings is 1. The van der Waals surface area contributed by atoms with E-state index in [4.69, 9.17) is 9.47 Å². The van der Waals surface area contributed by atoms with E-state index in [1.807, 2.05) is 17.0 Å². The van der Waals surface area contributed by atoms with Gasteiger partial charge in [0.2, 0.25) is 5.88 Å². The minimum atomic E-state index is 0.0185. The lowest BCUT2D eigenvalue weighted by molar-refractivity contribution is 0.143. The Morgan fingerprint density at radius 1 is 1.10 bits per heavy atom. The molecule has 3 rings (SSSR count). The molecule has 1 aromatic heterocycles. The highest BCUT2D eigenvalue weighted by molar-refractivity contribution is 5.74. The third kappa shape index (κ3) is 7.48. The maximum absolute atomic E-state index is 12.6. The van der Waals surface area contributed by atoms with Crippen LogP contribution in [0.3, 0.4) is 0 Å². The van der Waals surface area contributed by atoms with Crippen LogP contribution in [0, 0.1) is 5.92 Å². The summed E-state index contributed by atoms with van der Waals surface area (Å²) < 4.78 is 10.4. The molecule has 1 aromatic rings. The van der Waals surface area contributed by atoms with E-state index in [2.05, 4.69) is 15.2 Å². The van der Waals surface area contributed by atoms with Gasteiger partial charge in [0.05, 0.1) is 6.61 Å². The molecular weight excluding hydrogens is 368 g/mol. The monoisotopic (exact) mass is 404 g/mol. The second-order valence-corrected chi connectivity index (χ2v) is 8.15. The zero-order valence-electron chi connectivity index (χ0n) is 17.8. The first-order valence-corrected chi connectivity index (χ1v) is 11.1. The number of hydrogen-bond donors (Lipinski definition) is 1. The predicted octanol–water partition coefficient (Wildman–Crippen LogP) is 2.90. The normalized spacial score (nSPS) is 19.0. The second kappa shape index (κ2) is 12.0. The largest absolute Gasteiger partial charge is 0.475 e. The van der Waals surface area contributed by atoms with Crippen molar-refractivity contribution in [1.29, 1.82) is 0 Å². The van der Waals surface area contributed by atoms with Crippen LogP contribution in [0.1, 0.15) is 44.1 Å². The molecule has 1 saturated heterocycles. The molecular formula is C22H36N4O3. The van der Waals surface area contributed by atoms with E-state index in [0.717, 1.165) is 44.1 Å². The smallest absolute Gasteiger partial charge is 0.317 e. The Labute approximate surface area is 174 Å². The van der Waals surface area contributed by atoms with Gasteiger partial charge in [-0.3, -0.25) is 0 Å². The quantitative estimate of drug-likeness (QED) is 0.675. The minimum absolute atomic E-state index is 0.0185. The Kier molecular flexibility index (Phi) is 9.02. The fourth-order valence-corrected chi connectivity index (χ4v) is 4.21. The van der Waals surface area contributed by atoms with Gasteiger partial charge in [-0.15, -0.1) is 0 Å². The maximum Gasteiger partial charge on any atom is 0.317 e. The van der Waals surface area contributed by atoms with E-state index >= 15 is 0 Å². The van der Waals surface area contributed by atoms with Gasteiger partial charge in [-0.05, 0) is 37.3 Å². The van der Waals surface area contributed by atoms with E-state index in [0.29, 0.717) is 25.6 Å². The lowest BCUT2D eigenvalue weighted by Crippen LogP contribution is -2.42. The number of rotatable bonds is 8. The van der Waals surface area contributed by atoms with Crippen LogP contribution in [0.5, 0.6) is 5.88 Å². The van der Waals surface area contributed by atoms with E-state index in [1.165, 1.54) is 38.6 Å². The van der Waals surface area contributed by atoms with Gasteiger partial charge in [0.25, 0.3) is 0 Å². The van der Waals surface area contributed by atoms with E-state index in [9.17, 15) is 4.79 Å². The van der Waals surface area contributed by atoms with Crippen molar-refractivity contribution in [3.8, 4) is 5.88 Å². The molecule has 0 unspecified atom stereocenters. The molecule has 1 N–H and O–H groups in total. The molecule has 29 heavy (non-hydrogen) atoms. The summed E-state index contributed by atoms with van der Waals surface area (Å²) in [4.78, 5) is 21.4. The molecule has 162 valence electrons. The van der Waals surface area contributed by atoms with Gasteiger partial charge in [-0.25, -0.2) is 9.78 Å². The van der Waals surface area contributed by atoms with Gasteiger partial charge in [-0.1, -0.05) is 25.3 Å². The Bertz CT molecular complexity index is 605. The third-order valence-corrected chi connectivity index (χ3v) is 5.90. The molecule has 7 heteroatoms. The number of amides is 2. The number of hydrogen-bond acceptors (Lipinski definition) is 5. The number of carbonyl (C=O) groups excluding carboxylic acids is 1. The second-order valence-electron chi connectivity index (χ2n) is 8.15. The Hall–Kier alpha value is -1.86. The predicted molar refractivity (Wildman–Crippen MR) is 113 cm³/mol. The molecule has 0 atom stereocenters. The van der Waals surface area contributed by atoms with Crippen LogP contribution in [-0.4, -0.2) is 73.9 Å². The number of urea groups is 1. The average molecular weight is 405 g/mol. The number of nitrogens with zero attached hydrogens (tertiary/aromatic N) is 3. The van der Waals surface area contributed by atoms with E-state index in [-0.39, 0.29) is 6.03 Å². The summed E-state index contributed by atoms with van der Waals surface area (Å²) in [5.41, 5.74) is 0.964. The van der Waals surface area contributed by atoms with Gasteiger partial charge in [0.15, 0.2) is 0 Å². The summed E-state index contributed by atoms with van der Waals surface area (Å²) >= 11 is 0. The zero-order valence-corrected chi connectivity index (χ0v) is 17.8. The van der Waals surface area contributed by atoms with Crippen LogP contribution in [0.25, 0.3) is 0 Å². The Balaban J connectivity index is 1.38. The van der Waals surface area contributed by atoms with Crippen molar-refractivity contribution >= 4 is 6.03 Å². The SMILES string of the molecule is COCCOc1ccc(CNC(=O)N2CCCN(CC3CCCCC3)CC2)cn1. The summed E-state index contributed by atoms with van der Waals surface area (Å²) in [6.07, 6.45) is 9.75. The average Bonchev–Trinajstić information content (AvgIpc) is 2.99. The highest BCUT2D eigenvalue weighted by Gasteiger charge is 2.22. The molecule has 0 radical (unpaired) electrons. The lowest BCUT2D eigenvalue weighted by atomic mass is 9.89. The summed E-state index contributed by atoms with van der Waals surface area (Å²) in [6, 6.07) is 3.78. The van der Waals surface area contributed by atoms with Gasteiger partial charge < -0.3 is 24.6 Å². The van der Waals surface area contributed by atoms with Crippen LogP contribution in [0.2, 0.25) is 0 Å². The summed E-state index contributed by atoms with van der Waals surface area (Å²) in [7, 11) is 1.64. The molecule has 2 heterocycles. The Morgan fingerprint density at radius 3 is 2.72 bits per heavy atom. The van der Waals surface area contributed by atoms with Gasteiger partial charge in [-0.2, -0.15) is 0 Å². The molecule has 0 bridgehead atoms. The fraction of sp³-hybridized carbons (Fsp3) is 0.727. The molecule has 2 aliphatic rings. The van der Waals surface area contributed by atoms with Crippen molar-refractivity contribution in [2.45, 2.75) is 45.1 Å². The van der Waals surface area contributed by atoms with Crippen molar-refractivity contribution in [3.63, 3.8) is 0 Å². The highest BCUT2D eigenvalue weighted by atomic mass is 16.5. The molecule has 1 aliphatic carbocycles. The first-order valence-electron chi connectivity index (χ1n) is 11.1. The van der Waals surface area contributed by atoms with E-state index < -0.39 is 0 Å². The summed E-state index contributed by atoms with van der Waals surface area (Å²) in [5.74, 6) is 1.43. The molecule has 0 spiro atoms.